The summed E-state index contributed by atoms with van der Waals surface area (Å²) >= 11 is 0. The van der Waals surface area contributed by atoms with Crippen LogP contribution >= 0.6 is 0 Å². The van der Waals surface area contributed by atoms with Crippen molar-refractivity contribution in [3.05, 3.63) is 29.8 Å². The maximum atomic E-state index is 12.6. The second-order valence-corrected chi connectivity index (χ2v) is 10.8. The van der Waals surface area contributed by atoms with Crippen LogP contribution < -0.4 is 4.74 Å². The first kappa shape index (κ1) is 32.5. The SMILES string of the molecule is CCCCCCCCCCCCC(CCCCCCCCCC)COC(=O)Cc1ccccc1OC. The Kier molecular flexibility index (Phi) is 21.6. The van der Waals surface area contributed by atoms with E-state index in [4.69, 9.17) is 9.47 Å². The average Bonchev–Trinajstić information content (AvgIpc) is 2.89. The van der Waals surface area contributed by atoms with Crippen molar-refractivity contribution in [3.8, 4) is 5.75 Å². The number of benzene rings is 1. The lowest BCUT2D eigenvalue weighted by atomic mass is 9.94. The minimum atomic E-state index is -0.136. The van der Waals surface area contributed by atoms with Crippen LogP contribution in [0.1, 0.15) is 148 Å². The van der Waals surface area contributed by atoms with E-state index in [1.54, 1.807) is 7.11 Å². The summed E-state index contributed by atoms with van der Waals surface area (Å²) in [7, 11) is 1.65. The number of hydrogen-bond acceptors (Lipinski definition) is 3. The summed E-state index contributed by atoms with van der Waals surface area (Å²) in [6, 6.07) is 7.72. The first-order valence-corrected chi connectivity index (χ1v) is 15.5. The molecule has 0 saturated carbocycles. The molecule has 0 fully saturated rings. The molecule has 0 aliphatic heterocycles. The summed E-state index contributed by atoms with van der Waals surface area (Å²) in [5.41, 5.74) is 0.902. The van der Waals surface area contributed by atoms with Crippen LogP contribution in [0.3, 0.4) is 0 Å². The zero-order chi connectivity index (χ0) is 26.1. The van der Waals surface area contributed by atoms with E-state index < -0.39 is 0 Å². The molecule has 0 aromatic heterocycles. The quantitative estimate of drug-likeness (QED) is 0.0985. The van der Waals surface area contributed by atoms with Gasteiger partial charge in [-0.3, -0.25) is 4.79 Å². The summed E-state index contributed by atoms with van der Waals surface area (Å²) in [4.78, 5) is 12.6. The Morgan fingerprint density at radius 2 is 1.11 bits per heavy atom. The Morgan fingerprint density at radius 1 is 0.667 bits per heavy atom. The van der Waals surface area contributed by atoms with E-state index in [2.05, 4.69) is 13.8 Å². The summed E-state index contributed by atoms with van der Waals surface area (Å²) < 4.78 is 11.2. The van der Waals surface area contributed by atoms with E-state index >= 15 is 0 Å². The second-order valence-electron chi connectivity index (χ2n) is 10.8. The van der Waals surface area contributed by atoms with Crippen LogP contribution in [-0.2, 0) is 16.0 Å². The van der Waals surface area contributed by atoms with Gasteiger partial charge >= 0.3 is 5.97 Å². The number of para-hydroxylation sites is 1. The van der Waals surface area contributed by atoms with Gasteiger partial charge in [-0.1, -0.05) is 148 Å². The van der Waals surface area contributed by atoms with Gasteiger partial charge < -0.3 is 9.47 Å². The zero-order valence-electron chi connectivity index (χ0n) is 24.2. The number of ether oxygens (including phenoxy) is 2. The monoisotopic (exact) mass is 502 g/mol. The van der Waals surface area contributed by atoms with Crippen LogP contribution in [0.2, 0.25) is 0 Å². The highest BCUT2D eigenvalue weighted by molar-refractivity contribution is 5.73. The Hall–Kier alpha value is -1.51. The number of methoxy groups -OCH3 is 1. The Labute approximate surface area is 224 Å². The highest BCUT2D eigenvalue weighted by Gasteiger charge is 2.14. The van der Waals surface area contributed by atoms with Crippen LogP contribution in [0, 0.1) is 5.92 Å². The van der Waals surface area contributed by atoms with Gasteiger partial charge in [0.25, 0.3) is 0 Å². The van der Waals surface area contributed by atoms with Gasteiger partial charge in [0.05, 0.1) is 20.1 Å². The molecule has 1 unspecified atom stereocenters. The number of esters is 1. The number of carbonyl (C=O) groups excluding carboxylic acids is 1. The van der Waals surface area contributed by atoms with E-state index in [0.29, 0.717) is 12.5 Å². The molecule has 0 aliphatic carbocycles. The first-order chi connectivity index (χ1) is 17.7. The van der Waals surface area contributed by atoms with Crippen LogP contribution in [0.15, 0.2) is 24.3 Å². The molecule has 1 aromatic rings. The molecule has 1 rings (SSSR count). The zero-order valence-corrected chi connectivity index (χ0v) is 24.2. The predicted octanol–water partition coefficient (Wildman–Crippen LogP) is 10.2. The standard InChI is InChI=1S/C33H58O3/c1-4-6-8-10-12-14-15-17-19-21-25-30(24-20-18-16-13-11-9-7-5-2)29-36-33(34)28-31-26-22-23-27-32(31)35-3/h22-23,26-27,30H,4-21,24-25,28-29H2,1-3H3. The molecule has 0 amide bonds. The molecule has 3 heteroatoms. The van der Waals surface area contributed by atoms with Crippen molar-refractivity contribution in [2.75, 3.05) is 13.7 Å². The Bertz CT molecular complexity index is 627. The summed E-state index contributed by atoms with van der Waals surface area (Å²) in [6.07, 6.45) is 27.1. The fraction of sp³-hybridized carbons (Fsp3) is 0.788. The lowest BCUT2D eigenvalue weighted by molar-refractivity contribution is -0.144. The summed E-state index contributed by atoms with van der Waals surface area (Å²) in [5, 5.41) is 0. The molecule has 0 spiro atoms. The van der Waals surface area contributed by atoms with Gasteiger partial charge in [-0.15, -0.1) is 0 Å². The minimum absolute atomic E-state index is 0.136. The van der Waals surface area contributed by atoms with Crippen molar-refractivity contribution < 1.29 is 14.3 Å². The molecule has 208 valence electrons. The smallest absolute Gasteiger partial charge is 0.310 e. The third-order valence-electron chi connectivity index (χ3n) is 7.44. The van der Waals surface area contributed by atoms with Gasteiger partial charge in [0.1, 0.15) is 5.75 Å². The van der Waals surface area contributed by atoms with Crippen molar-refractivity contribution in [1.29, 1.82) is 0 Å². The first-order valence-electron chi connectivity index (χ1n) is 15.5. The molecule has 3 nitrogen and oxygen atoms in total. The van der Waals surface area contributed by atoms with Gasteiger partial charge in [0, 0.05) is 5.56 Å². The van der Waals surface area contributed by atoms with Crippen molar-refractivity contribution in [2.24, 2.45) is 5.92 Å². The molecule has 0 aliphatic rings. The third kappa shape index (κ3) is 17.8. The molecule has 36 heavy (non-hydrogen) atoms. The third-order valence-corrected chi connectivity index (χ3v) is 7.44. The normalized spacial score (nSPS) is 12.0. The highest BCUT2D eigenvalue weighted by Crippen LogP contribution is 2.22. The van der Waals surface area contributed by atoms with Crippen molar-refractivity contribution >= 4 is 5.97 Å². The van der Waals surface area contributed by atoms with Gasteiger partial charge in [-0.05, 0) is 24.8 Å². The van der Waals surface area contributed by atoms with Gasteiger partial charge in [0.2, 0.25) is 0 Å². The maximum Gasteiger partial charge on any atom is 0.310 e. The number of carbonyl (C=O) groups is 1. The van der Waals surface area contributed by atoms with E-state index in [9.17, 15) is 4.79 Å². The van der Waals surface area contributed by atoms with Crippen molar-refractivity contribution in [2.45, 2.75) is 149 Å². The van der Waals surface area contributed by atoms with Gasteiger partial charge in [0.15, 0.2) is 0 Å². The highest BCUT2D eigenvalue weighted by atomic mass is 16.5. The van der Waals surface area contributed by atoms with Crippen LogP contribution in [0.25, 0.3) is 0 Å². The number of rotatable bonds is 25. The molecule has 0 radical (unpaired) electrons. The lowest BCUT2D eigenvalue weighted by Crippen LogP contribution is -2.16. The molecule has 0 bridgehead atoms. The van der Waals surface area contributed by atoms with E-state index in [1.165, 1.54) is 128 Å². The van der Waals surface area contributed by atoms with Gasteiger partial charge in [-0.25, -0.2) is 0 Å². The fourth-order valence-corrected chi connectivity index (χ4v) is 5.06. The summed E-state index contributed by atoms with van der Waals surface area (Å²) in [6.45, 7) is 5.13. The Morgan fingerprint density at radius 3 is 1.58 bits per heavy atom. The topological polar surface area (TPSA) is 35.5 Å². The molecule has 0 N–H and O–H groups in total. The summed E-state index contributed by atoms with van der Waals surface area (Å²) in [5.74, 6) is 1.12. The molecule has 1 aromatic carbocycles. The van der Waals surface area contributed by atoms with Gasteiger partial charge in [-0.2, -0.15) is 0 Å². The predicted molar refractivity (Wildman–Crippen MR) is 155 cm³/mol. The molecule has 0 heterocycles. The second kappa shape index (κ2) is 23.9. The lowest BCUT2D eigenvalue weighted by Gasteiger charge is -2.17. The fourth-order valence-electron chi connectivity index (χ4n) is 5.06. The Balaban J connectivity index is 2.31. The van der Waals surface area contributed by atoms with Crippen LogP contribution in [0.5, 0.6) is 5.75 Å². The van der Waals surface area contributed by atoms with E-state index in [0.717, 1.165) is 11.3 Å². The largest absolute Gasteiger partial charge is 0.496 e. The molecule has 0 saturated heterocycles. The molecular weight excluding hydrogens is 444 g/mol. The van der Waals surface area contributed by atoms with E-state index in [-0.39, 0.29) is 12.4 Å². The van der Waals surface area contributed by atoms with E-state index in [1.807, 2.05) is 24.3 Å². The maximum absolute atomic E-state index is 12.6. The molecule has 1 atom stereocenters. The number of hydrogen-bond donors (Lipinski definition) is 0. The number of unbranched alkanes of at least 4 members (excludes halogenated alkanes) is 16. The van der Waals surface area contributed by atoms with Crippen molar-refractivity contribution in [1.82, 2.24) is 0 Å². The minimum Gasteiger partial charge on any atom is -0.496 e. The average molecular weight is 503 g/mol. The van der Waals surface area contributed by atoms with Crippen LogP contribution in [0.4, 0.5) is 0 Å². The van der Waals surface area contributed by atoms with Crippen LogP contribution in [-0.4, -0.2) is 19.7 Å². The molecular formula is C33H58O3. The van der Waals surface area contributed by atoms with Crippen molar-refractivity contribution in [3.63, 3.8) is 0 Å².